The maximum absolute atomic E-state index is 13.8. The van der Waals surface area contributed by atoms with Gasteiger partial charge in [0.2, 0.25) is 11.7 Å². The van der Waals surface area contributed by atoms with Gasteiger partial charge in [0.25, 0.3) is 0 Å². The van der Waals surface area contributed by atoms with Crippen molar-refractivity contribution in [1.82, 2.24) is 35.8 Å². The SMILES string of the molecule is O=C(Cc1ccc2oc(=O)[nH]c2c1)N[C@H](CN1CCC(F)C1)c1cccc(-c2nn[nH]n2)c1. The summed E-state index contributed by atoms with van der Waals surface area (Å²) in [5.41, 5.74) is 3.35. The summed E-state index contributed by atoms with van der Waals surface area (Å²) in [5, 5.41) is 17.2. The molecule has 0 spiro atoms. The van der Waals surface area contributed by atoms with Gasteiger partial charge in [-0.15, -0.1) is 10.2 Å². The van der Waals surface area contributed by atoms with Crippen LogP contribution in [0.5, 0.6) is 0 Å². The highest BCUT2D eigenvalue weighted by molar-refractivity contribution is 5.81. The highest BCUT2D eigenvalue weighted by Crippen LogP contribution is 2.23. The molecule has 2 atom stereocenters. The number of likely N-dealkylation sites (tertiary alicyclic amines) is 1. The minimum absolute atomic E-state index is 0.121. The summed E-state index contributed by atoms with van der Waals surface area (Å²) in [6.45, 7) is 1.47. The number of oxazole rings is 1. The minimum Gasteiger partial charge on any atom is -0.408 e. The number of hydrogen-bond acceptors (Lipinski definition) is 7. The first-order valence-electron chi connectivity index (χ1n) is 10.6. The van der Waals surface area contributed by atoms with E-state index in [1.807, 2.05) is 29.2 Å². The number of carbonyl (C=O) groups excluding carboxylic acids is 1. The van der Waals surface area contributed by atoms with Crippen molar-refractivity contribution < 1.29 is 13.6 Å². The van der Waals surface area contributed by atoms with E-state index < -0.39 is 11.9 Å². The van der Waals surface area contributed by atoms with Gasteiger partial charge in [0.05, 0.1) is 18.0 Å². The Bertz CT molecular complexity index is 1320. The van der Waals surface area contributed by atoms with Crippen LogP contribution in [0.2, 0.25) is 0 Å². The van der Waals surface area contributed by atoms with E-state index >= 15 is 0 Å². The molecule has 0 aliphatic carbocycles. The number of carbonyl (C=O) groups is 1. The van der Waals surface area contributed by atoms with Crippen molar-refractivity contribution in [2.45, 2.75) is 25.1 Å². The first kappa shape index (κ1) is 21.0. The predicted molar refractivity (Wildman–Crippen MR) is 117 cm³/mol. The van der Waals surface area contributed by atoms with Gasteiger partial charge in [0, 0.05) is 25.2 Å². The zero-order valence-electron chi connectivity index (χ0n) is 17.6. The van der Waals surface area contributed by atoms with Gasteiger partial charge in [-0.25, -0.2) is 9.18 Å². The first-order chi connectivity index (χ1) is 16.0. The highest BCUT2D eigenvalue weighted by Gasteiger charge is 2.26. The van der Waals surface area contributed by atoms with Crippen LogP contribution in [-0.2, 0) is 11.2 Å². The minimum atomic E-state index is -0.851. The molecule has 1 aliphatic rings. The van der Waals surface area contributed by atoms with Crippen molar-refractivity contribution in [1.29, 1.82) is 0 Å². The molecule has 1 amide bonds. The van der Waals surface area contributed by atoms with Crippen LogP contribution in [0.25, 0.3) is 22.5 Å². The zero-order chi connectivity index (χ0) is 22.8. The molecular weight excluding hydrogens is 429 g/mol. The maximum Gasteiger partial charge on any atom is 0.417 e. The fraction of sp³-hybridized carbons (Fsp3) is 0.318. The van der Waals surface area contributed by atoms with E-state index in [0.717, 1.165) is 16.7 Å². The topological polar surface area (TPSA) is 133 Å². The van der Waals surface area contributed by atoms with Gasteiger partial charge in [0.1, 0.15) is 6.17 Å². The third-order valence-corrected chi connectivity index (χ3v) is 5.73. The van der Waals surface area contributed by atoms with E-state index in [4.69, 9.17) is 4.42 Å². The molecule has 0 radical (unpaired) electrons. The van der Waals surface area contributed by atoms with Crippen LogP contribution < -0.4 is 11.1 Å². The number of hydrogen-bond donors (Lipinski definition) is 3. The van der Waals surface area contributed by atoms with Crippen LogP contribution in [0.3, 0.4) is 0 Å². The standard InChI is InChI=1S/C22H22FN7O3/c23-16-6-7-30(11-16)12-18(14-2-1-3-15(10-14)21-26-28-29-27-21)24-20(31)9-13-4-5-19-17(8-13)25-22(32)33-19/h1-5,8,10,16,18H,6-7,9,11-12H2,(H,24,31)(H,25,32)(H,26,27,28,29)/t16?,18-/m1/s1. The number of alkyl halides is 1. The van der Waals surface area contributed by atoms with E-state index in [9.17, 15) is 14.0 Å². The average Bonchev–Trinajstić information content (AvgIpc) is 3.54. The lowest BCUT2D eigenvalue weighted by Crippen LogP contribution is -2.38. The Balaban J connectivity index is 1.36. The largest absolute Gasteiger partial charge is 0.417 e. The molecule has 3 heterocycles. The number of rotatable bonds is 7. The van der Waals surface area contributed by atoms with Gasteiger partial charge in [-0.3, -0.25) is 14.7 Å². The Kier molecular flexibility index (Phi) is 5.69. The van der Waals surface area contributed by atoms with Crippen LogP contribution >= 0.6 is 0 Å². The number of aromatic nitrogens is 5. The highest BCUT2D eigenvalue weighted by atomic mass is 19.1. The second-order valence-electron chi connectivity index (χ2n) is 8.15. The molecule has 170 valence electrons. The van der Waals surface area contributed by atoms with Crippen LogP contribution in [0.1, 0.15) is 23.6 Å². The second kappa shape index (κ2) is 8.94. The molecule has 2 aromatic carbocycles. The molecule has 5 rings (SSSR count). The Labute approximate surface area is 187 Å². The molecule has 4 aromatic rings. The van der Waals surface area contributed by atoms with Crippen molar-refractivity contribution in [3.8, 4) is 11.4 Å². The molecule has 10 nitrogen and oxygen atoms in total. The van der Waals surface area contributed by atoms with Gasteiger partial charge in [-0.1, -0.05) is 24.3 Å². The van der Waals surface area contributed by atoms with Gasteiger partial charge < -0.3 is 9.73 Å². The number of nitrogens with zero attached hydrogens (tertiary/aromatic N) is 4. The second-order valence-corrected chi connectivity index (χ2v) is 8.15. The van der Waals surface area contributed by atoms with Gasteiger partial charge in [-0.2, -0.15) is 5.21 Å². The molecule has 1 aliphatic heterocycles. The molecule has 11 heteroatoms. The summed E-state index contributed by atoms with van der Waals surface area (Å²) < 4.78 is 18.8. The summed E-state index contributed by atoms with van der Waals surface area (Å²) in [6.07, 6.45) is -0.238. The summed E-state index contributed by atoms with van der Waals surface area (Å²) in [4.78, 5) is 28.9. The predicted octanol–water partition coefficient (Wildman–Crippen LogP) is 1.74. The van der Waals surface area contributed by atoms with Crippen LogP contribution in [-0.4, -0.2) is 62.2 Å². The Morgan fingerprint density at radius 2 is 2.21 bits per heavy atom. The van der Waals surface area contributed by atoms with Crippen molar-refractivity contribution in [3.63, 3.8) is 0 Å². The van der Waals surface area contributed by atoms with Crippen LogP contribution in [0, 0.1) is 0 Å². The molecule has 3 N–H and O–H groups in total. The number of aromatic amines is 2. The molecule has 1 saturated heterocycles. The number of halogens is 1. The molecule has 1 fully saturated rings. The third kappa shape index (κ3) is 4.82. The number of benzene rings is 2. The van der Waals surface area contributed by atoms with Crippen LogP contribution in [0.15, 0.2) is 51.7 Å². The van der Waals surface area contributed by atoms with E-state index in [0.29, 0.717) is 43.0 Å². The summed E-state index contributed by atoms with van der Waals surface area (Å²) in [5.74, 6) is -0.273. The lowest BCUT2D eigenvalue weighted by Gasteiger charge is -2.25. The molecular formula is C22H22FN7O3. The van der Waals surface area contributed by atoms with Crippen molar-refractivity contribution in [2.75, 3.05) is 19.6 Å². The quantitative estimate of drug-likeness (QED) is 0.390. The summed E-state index contributed by atoms with van der Waals surface area (Å²) >= 11 is 0. The fourth-order valence-electron chi connectivity index (χ4n) is 4.16. The number of tetrazole rings is 1. The number of H-pyrrole nitrogens is 2. The number of amides is 1. The summed E-state index contributed by atoms with van der Waals surface area (Å²) in [6, 6.07) is 12.3. The smallest absolute Gasteiger partial charge is 0.408 e. The monoisotopic (exact) mass is 451 g/mol. The molecule has 33 heavy (non-hydrogen) atoms. The molecule has 1 unspecified atom stereocenters. The Morgan fingerprint density at radius 3 is 3.00 bits per heavy atom. The fourth-order valence-corrected chi connectivity index (χ4v) is 4.16. The van der Waals surface area contributed by atoms with E-state index in [1.54, 1.807) is 18.2 Å². The normalized spacial score (nSPS) is 17.4. The lowest BCUT2D eigenvalue weighted by atomic mass is 10.0. The molecule has 0 saturated carbocycles. The van der Waals surface area contributed by atoms with Gasteiger partial charge >= 0.3 is 5.76 Å². The third-order valence-electron chi connectivity index (χ3n) is 5.73. The van der Waals surface area contributed by atoms with Crippen molar-refractivity contribution in [3.05, 3.63) is 64.1 Å². The van der Waals surface area contributed by atoms with Gasteiger partial charge in [0.15, 0.2) is 5.58 Å². The zero-order valence-corrected chi connectivity index (χ0v) is 17.6. The lowest BCUT2D eigenvalue weighted by molar-refractivity contribution is -0.121. The van der Waals surface area contributed by atoms with E-state index in [1.165, 1.54) is 0 Å². The Hall–Kier alpha value is -3.86. The van der Waals surface area contributed by atoms with Crippen LogP contribution in [0.4, 0.5) is 4.39 Å². The number of fused-ring (bicyclic) bond motifs is 1. The molecule has 0 bridgehead atoms. The first-order valence-corrected chi connectivity index (χ1v) is 10.6. The van der Waals surface area contributed by atoms with Gasteiger partial charge in [-0.05, 0) is 41.0 Å². The molecule has 2 aromatic heterocycles. The number of nitrogens with one attached hydrogen (secondary N) is 3. The van der Waals surface area contributed by atoms with Crippen molar-refractivity contribution in [2.24, 2.45) is 0 Å². The Morgan fingerprint density at radius 1 is 1.30 bits per heavy atom. The van der Waals surface area contributed by atoms with Crippen molar-refractivity contribution >= 4 is 17.0 Å². The summed E-state index contributed by atoms with van der Waals surface area (Å²) in [7, 11) is 0. The maximum atomic E-state index is 13.8. The van der Waals surface area contributed by atoms with E-state index in [2.05, 4.69) is 30.9 Å². The van der Waals surface area contributed by atoms with E-state index in [-0.39, 0.29) is 18.4 Å². The average molecular weight is 451 g/mol.